The lowest BCUT2D eigenvalue weighted by atomic mass is 9.64. The van der Waals surface area contributed by atoms with Gasteiger partial charge in [-0.05, 0) is 115 Å². The van der Waals surface area contributed by atoms with Crippen LogP contribution >= 0.6 is 0 Å². The van der Waals surface area contributed by atoms with E-state index < -0.39 is 5.41 Å². The minimum Gasteiger partial charge on any atom is -0.354 e. The quantitative estimate of drug-likeness (QED) is 0.194. The minimum atomic E-state index is -0.495. The van der Waals surface area contributed by atoms with Crippen LogP contribution in [0.1, 0.15) is 22.3 Å². The predicted molar refractivity (Wildman–Crippen MR) is 222 cm³/mol. The summed E-state index contributed by atoms with van der Waals surface area (Å²) in [5.74, 6) is 0. The molecule has 2 nitrogen and oxygen atoms in total. The van der Waals surface area contributed by atoms with E-state index >= 15 is 0 Å². The second kappa shape index (κ2) is 10.6. The van der Waals surface area contributed by atoms with Crippen molar-refractivity contribution < 1.29 is 0 Å². The van der Waals surface area contributed by atoms with E-state index in [1.165, 1.54) is 93.7 Å². The third-order valence-corrected chi connectivity index (χ3v) is 12.0. The van der Waals surface area contributed by atoms with Crippen LogP contribution in [0.2, 0.25) is 0 Å². The fourth-order valence-electron chi connectivity index (χ4n) is 9.81. The van der Waals surface area contributed by atoms with E-state index in [4.69, 9.17) is 0 Å². The zero-order valence-corrected chi connectivity index (χ0v) is 28.8. The van der Waals surface area contributed by atoms with Gasteiger partial charge in [-0.15, -0.1) is 0 Å². The molecule has 0 saturated heterocycles. The number of fused-ring (bicyclic) bond motifs is 16. The van der Waals surface area contributed by atoms with Gasteiger partial charge in [0.2, 0.25) is 0 Å². The van der Waals surface area contributed by atoms with Gasteiger partial charge in [0, 0.05) is 27.5 Å². The lowest BCUT2D eigenvalue weighted by Crippen LogP contribution is -2.36. The molecule has 1 spiro atoms. The number of aromatic amines is 1. The molecule has 1 aromatic heterocycles. The Bertz CT molecular complexity index is 3080. The highest BCUT2D eigenvalue weighted by atomic mass is 15.2. The first-order valence-corrected chi connectivity index (χ1v) is 18.4. The molecule has 0 amide bonds. The van der Waals surface area contributed by atoms with Gasteiger partial charge in [0.1, 0.15) is 0 Å². The number of para-hydroxylation sites is 3. The molecule has 0 atom stereocenters. The number of hydrogen-bond donors (Lipinski definition) is 1. The van der Waals surface area contributed by atoms with Crippen LogP contribution in [0.25, 0.3) is 65.6 Å². The maximum atomic E-state index is 3.69. The van der Waals surface area contributed by atoms with Crippen molar-refractivity contribution in [2.75, 3.05) is 4.90 Å². The smallest absolute Gasteiger partial charge is 0.0754 e. The molecule has 0 fully saturated rings. The summed E-state index contributed by atoms with van der Waals surface area (Å²) >= 11 is 0. The largest absolute Gasteiger partial charge is 0.354 e. The topological polar surface area (TPSA) is 19.0 Å². The number of anilines is 3. The Kier molecular flexibility index (Phi) is 5.73. The Morgan fingerprint density at radius 2 is 0.981 bits per heavy atom. The van der Waals surface area contributed by atoms with Crippen molar-refractivity contribution in [2.45, 2.75) is 5.41 Å². The molecule has 1 aliphatic heterocycles. The Hall–Kier alpha value is -6.90. The summed E-state index contributed by atoms with van der Waals surface area (Å²) in [4.78, 5) is 6.14. The van der Waals surface area contributed by atoms with Crippen LogP contribution in [0.5, 0.6) is 0 Å². The highest BCUT2D eigenvalue weighted by Gasteiger charge is 2.52. The van der Waals surface area contributed by atoms with E-state index in [-0.39, 0.29) is 0 Å². The third kappa shape index (κ3) is 3.77. The number of aromatic nitrogens is 1. The van der Waals surface area contributed by atoms with E-state index in [1.807, 2.05) is 0 Å². The number of nitrogens with zero attached hydrogens (tertiary/aromatic N) is 1. The number of rotatable bonds is 2. The summed E-state index contributed by atoms with van der Waals surface area (Å²) in [5.41, 5.74) is 15.8. The molecular formula is C51H32N2. The summed E-state index contributed by atoms with van der Waals surface area (Å²) in [6, 6.07) is 69.9. The first-order valence-electron chi connectivity index (χ1n) is 18.4. The molecule has 9 aromatic carbocycles. The average Bonchev–Trinajstić information content (AvgIpc) is 3.75. The maximum absolute atomic E-state index is 3.69. The van der Waals surface area contributed by atoms with Crippen LogP contribution in [-0.2, 0) is 5.41 Å². The Morgan fingerprint density at radius 1 is 0.396 bits per heavy atom. The van der Waals surface area contributed by atoms with Crippen LogP contribution in [0.3, 0.4) is 0 Å². The van der Waals surface area contributed by atoms with Crippen LogP contribution in [-0.4, -0.2) is 4.98 Å². The SMILES string of the molecule is c1ccc(N2c3ccccc3C3(c4ccc(-c5ccc6[nH]c7ccc8ccccc8c7c6c5)cc4-c4c3ccc3ccccc43)c3ccccc32)cc1. The standard InChI is InChI=1S/C51H32N2/c1-2-14-36(15-3-1)53-47-20-10-8-18-42(47)51(43-19-9-11-21-48(43)53)41-26-23-34(30-39(41)49-37-16-6-4-12-32(37)22-27-44(49)51)35-25-28-45-40(31-35)50-38-17-7-5-13-33(38)24-29-46(50)52-45/h1-31,52H. The van der Waals surface area contributed by atoms with Gasteiger partial charge in [0.05, 0.1) is 16.8 Å². The number of H-pyrrole nitrogens is 1. The monoisotopic (exact) mass is 672 g/mol. The first kappa shape index (κ1) is 28.8. The molecule has 0 radical (unpaired) electrons. The van der Waals surface area contributed by atoms with E-state index in [9.17, 15) is 0 Å². The zero-order chi connectivity index (χ0) is 34.7. The normalized spacial score (nSPS) is 13.8. The first-order chi connectivity index (χ1) is 26.3. The molecule has 0 saturated carbocycles. The Balaban J connectivity index is 1.16. The van der Waals surface area contributed by atoms with Gasteiger partial charge in [-0.1, -0.05) is 140 Å². The Labute approximate surface area is 307 Å². The lowest BCUT2D eigenvalue weighted by molar-refractivity contribution is 0.753. The molecule has 1 N–H and O–H groups in total. The predicted octanol–water partition coefficient (Wildman–Crippen LogP) is 13.4. The summed E-state index contributed by atoms with van der Waals surface area (Å²) in [7, 11) is 0. The van der Waals surface area contributed by atoms with E-state index in [2.05, 4.69) is 198 Å². The van der Waals surface area contributed by atoms with Crippen LogP contribution in [0, 0.1) is 0 Å². The second-order valence-corrected chi connectivity index (χ2v) is 14.5. The summed E-state index contributed by atoms with van der Waals surface area (Å²) in [5, 5.41) is 7.64. The average molecular weight is 673 g/mol. The fraction of sp³-hybridized carbons (Fsp3) is 0.0196. The molecule has 0 bridgehead atoms. The van der Waals surface area contributed by atoms with Gasteiger partial charge in [-0.3, -0.25) is 0 Å². The molecule has 2 aliphatic rings. The number of hydrogen-bond acceptors (Lipinski definition) is 1. The number of benzene rings is 9. The van der Waals surface area contributed by atoms with Gasteiger partial charge in [0.25, 0.3) is 0 Å². The molecule has 12 rings (SSSR count). The van der Waals surface area contributed by atoms with Crippen molar-refractivity contribution in [1.82, 2.24) is 4.98 Å². The second-order valence-electron chi connectivity index (χ2n) is 14.5. The van der Waals surface area contributed by atoms with Crippen LogP contribution in [0.4, 0.5) is 17.1 Å². The molecule has 10 aromatic rings. The van der Waals surface area contributed by atoms with Crippen molar-refractivity contribution in [3.63, 3.8) is 0 Å². The lowest BCUT2D eigenvalue weighted by Gasteiger charge is -2.45. The van der Waals surface area contributed by atoms with Crippen molar-refractivity contribution in [3.05, 3.63) is 210 Å². The van der Waals surface area contributed by atoms with Crippen molar-refractivity contribution >= 4 is 60.4 Å². The summed E-state index contributed by atoms with van der Waals surface area (Å²) in [6.45, 7) is 0. The molecular weight excluding hydrogens is 641 g/mol. The molecule has 2 heteroatoms. The molecule has 246 valence electrons. The highest BCUT2D eigenvalue weighted by molar-refractivity contribution is 6.20. The van der Waals surface area contributed by atoms with E-state index in [1.54, 1.807) is 0 Å². The molecule has 53 heavy (non-hydrogen) atoms. The summed E-state index contributed by atoms with van der Waals surface area (Å²) in [6.07, 6.45) is 0. The molecule has 1 aliphatic carbocycles. The van der Waals surface area contributed by atoms with Crippen LogP contribution < -0.4 is 4.90 Å². The van der Waals surface area contributed by atoms with Crippen molar-refractivity contribution in [2.24, 2.45) is 0 Å². The van der Waals surface area contributed by atoms with Crippen LogP contribution in [0.15, 0.2) is 188 Å². The van der Waals surface area contributed by atoms with Gasteiger partial charge in [-0.2, -0.15) is 0 Å². The highest BCUT2D eigenvalue weighted by Crippen LogP contribution is 2.64. The van der Waals surface area contributed by atoms with E-state index in [0.29, 0.717) is 0 Å². The zero-order valence-electron chi connectivity index (χ0n) is 28.8. The number of nitrogens with one attached hydrogen (secondary N) is 1. The third-order valence-electron chi connectivity index (χ3n) is 12.0. The van der Waals surface area contributed by atoms with Crippen molar-refractivity contribution in [3.8, 4) is 22.3 Å². The Morgan fingerprint density at radius 3 is 1.77 bits per heavy atom. The van der Waals surface area contributed by atoms with Gasteiger partial charge in [0.15, 0.2) is 0 Å². The minimum absolute atomic E-state index is 0.495. The van der Waals surface area contributed by atoms with E-state index in [0.717, 1.165) is 11.2 Å². The molecule has 2 heterocycles. The van der Waals surface area contributed by atoms with Gasteiger partial charge >= 0.3 is 0 Å². The van der Waals surface area contributed by atoms with Crippen molar-refractivity contribution in [1.29, 1.82) is 0 Å². The maximum Gasteiger partial charge on any atom is 0.0754 e. The van der Waals surface area contributed by atoms with Gasteiger partial charge < -0.3 is 9.88 Å². The molecule has 0 unspecified atom stereocenters. The fourth-order valence-corrected chi connectivity index (χ4v) is 9.81. The van der Waals surface area contributed by atoms with Gasteiger partial charge in [-0.25, -0.2) is 0 Å². The summed E-state index contributed by atoms with van der Waals surface area (Å²) < 4.78 is 0.